The van der Waals surface area contributed by atoms with E-state index in [4.69, 9.17) is 0 Å². The monoisotopic (exact) mass is 417 g/mol. The molecule has 2 heterocycles. The topological polar surface area (TPSA) is 105 Å². The van der Waals surface area contributed by atoms with Crippen LogP contribution in [-0.4, -0.2) is 45.6 Å². The minimum atomic E-state index is -0.542. The van der Waals surface area contributed by atoms with Gasteiger partial charge in [0, 0.05) is 44.6 Å². The van der Waals surface area contributed by atoms with E-state index < -0.39 is 23.1 Å². The standard InChI is InChI=1S/C20H24FN5O4/c1-24-17(27)7-9-26(20(24)30)13-18(28)25-8-3-4-14(12-25)11-22-19(29)23-16-6-2-5-15(21)10-16/h2,5-7,9-10,14H,3-4,8,11-13H2,1H3,(H2,22,23,29). The Kier molecular flexibility index (Phi) is 6.65. The molecule has 1 aliphatic heterocycles. The van der Waals surface area contributed by atoms with E-state index in [-0.39, 0.29) is 18.4 Å². The summed E-state index contributed by atoms with van der Waals surface area (Å²) in [6.07, 6.45) is 2.96. The molecule has 160 valence electrons. The van der Waals surface area contributed by atoms with Crippen LogP contribution in [0.1, 0.15) is 12.8 Å². The zero-order valence-corrected chi connectivity index (χ0v) is 16.6. The van der Waals surface area contributed by atoms with Crippen LogP contribution < -0.4 is 21.9 Å². The molecule has 1 saturated heterocycles. The van der Waals surface area contributed by atoms with Gasteiger partial charge in [-0.1, -0.05) is 6.07 Å². The smallest absolute Gasteiger partial charge is 0.331 e. The normalized spacial score (nSPS) is 16.2. The van der Waals surface area contributed by atoms with Crippen LogP contribution in [-0.2, 0) is 18.4 Å². The largest absolute Gasteiger partial charge is 0.341 e. The molecule has 10 heteroatoms. The highest BCUT2D eigenvalue weighted by Gasteiger charge is 2.24. The fourth-order valence-corrected chi connectivity index (χ4v) is 3.42. The number of nitrogens with zero attached hydrogens (tertiary/aromatic N) is 3. The van der Waals surface area contributed by atoms with E-state index in [0.717, 1.165) is 17.4 Å². The Labute approximate surface area is 172 Å². The average molecular weight is 417 g/mol. The number of amides is 3. The van der Waals surface area contributed by atoms with Crippen molar-refractivity contribution in [1.29, 1.82) is 0 Å². The molecule has 2 aromatic rings. The van der Waals surface area contributed by atoms with Gasteiger partial charge in [-0.2, -0.15) is 0 Å². The summed E-state index contributed by atoms with van der Waals surface area (Å²) in [5, 5.41) is 5.32. The summed E-state index contributed by atoms with van der Waals surface area (Å²) >= 11 is 0. The van der Waals surface area contributed by atoms with Crippen LogP contribution in [0.4, 0.5) is 14.9 Å². The Morgan fingerprint density at radius 2 is 2.03 bits per heavy atom. The second-order valence-electron chi connectivity index (χ2n) is 7.32. The number of rotatable bonds is 5. The molecular formula is C20H24FN5O4. The van der Waals surface area contributed by atoms with Gasteiger partial charge in [-0.3, -0.25) is 18.7 Å². The molecule has 0 saturated carbocycles. The summed E-state index contributed by atoms with van der Waals surface area (Å²) in [5.74, 6) is -0.589. The molecular weight excluding hydrogens is 393 g/mol. The first-order valence-corrected chi connectivity index (χ1v) is 9.68. The minimum absolute atomic E-state index is 0.0674. The van der Waals surface area contributed by atoms with Gasteiger partial charge in [0.25, 0.3) is 5.56 Å². The lowest BCUT2D eigenvalue weighted by atomic mass is 9.98. The number of piperidine rings is 1. The van der Waals surface area contributed by atoms with Crippen LogP contribution in [0.25, 0.3) is 0 Å². The number of anilines is 1. The molecule has 2 N–H and O–H groups in total. The van der Waals surface area contributed by atoms with Gasteiger partial charge >= 0.3 is 11.7 Å². The maximum atomic E-state index is 13.2. The molecule has 3 amide bonds. The van der Waals surface area contributed by atoms with Gasteiger partial charge in [0.15, 0.2) is 0 Å². The van der Waals surface area contributed by atoms with E-state index in [1.54, 1.807) is 11.0 Å². The second kappa shape index (κ2) is 9.38. The summed E-state index contributed by atoms with van der Waals surface area (Å²) in [6, 6.07) is 6.41. The fraction of sp³-hybridized carbons (Fsp3) is 0.400. The lowest BCUT2D eigenvalue weighted by Crippen LogP contribution is -2.47. The van der Waals surface area contributed by atoms with Crippen molar-refractivity contribution in [3.63, 3.8) is 0 Å². The Morgan fingerprint density at radius 3 is 2.80 bits per heavy atom. The lowest BCUT2D eigenvalue weighted by Gasteiger charge is -2.33. The van der Waals surface area contributed by atoms with Crippen molar-refractivity contribution in [3.05, 3.63) is 63.2 Å². The molecule has 1 aliphatic rings. The number of benzene rings is 1. The predicted octanol–water partition coefficient (Wildman–Crippen LogP) is 0.746. The molecule has 0 bridgehead atoms. The zero-order valence-electron chi connectivity index (χ0n) is 16.6. The van der Waals surface area contributed by atoms with Crippen molar-refractivity contribution >= 4 is 17.6 Å². The third-order valence-corrected chi connectivity index (χ3v) is 5.07. The summed E-state index contributed by atoms with van der Waals surface area (Å²) < 4.78 is 15.3. The molecule has 0 aliphatic carbocycles. The van der Waals surface area contributed by atoms with Crippen LogP contribution >= 0.6 is 0 Å². The van der Waals surface area contributed by atoms with E-state index in [2.05, 4.69) is 10.6 Å². The minimum Gasteiger partial charge on any atom is -0.341 e. The van der Waals surface area contributed by atoms with E-state index in [0.29, 0.717) is 25.3 Å². The third kappa shape index (κ3) is 5.34. The van der Waals surface area contributed by atoms with Gasteiger partial charge in [-0.05, 0) is 37.0 Å². The van der Waals surface area contributed by atoms with Crippen molar-refractivity contribution in [1.82, 2.24) is 19.4 Å². The number of aromatic nitrogens is 2. The summed E-state index contributed by atoms with van der Waals surface area (Å²) in [5.41, 5.74) is -0.611. The number of urea groups is 1. The number of nitrogens with one attached hydrogen (secondary N) is 2. The number of hydrogen-bond acceptors (Lipinski definition) is 4. The van der Waals surface area contributed by atoms with Crippen molar-refractivity contribution in [2.75, 3.05) is 25.0 Å². The van der Waals surface area contributed by atoms with Crippen LogP contribution in [0, 0.1) is 11.7 Å². The summed E-state index contributed by atoms with van der Waals surface area (Å²) in [7, 11) is 1.36. The number of carbonyl (C=O) groups is 2. The van der Waals surface area contributed by atoms with Crippen LogP contribution in [0.15, 0.2) is 46.1 Å². The molecule has 0 spiro atoms. The van der Waals surface area contributed by atoms with Gasteiger partial charge in [-0.15, -0.1) is 0 Å². The van der Waals surface area contributed by atoms with Gasteiger partial charge in [0.05, 0.1) is 0 Å². The maximum Gasteiger partial charge on any atom is 0.331 e. The Bertz CT molecular complexity index is 1050. The van der Waals surface area contributed by atoms with E-state index in [1.165, 1.54) is 42.1 Å². The number of carbonyl (C=O) groups excluding carboxylic acids is 2. The van der Waals surface area contributed by atoms with Gasteiger partial charge < -0.3 is 15.5 Å². The lowest BCUT2D eigenvalue weighted by molar-refractivity contribution is -0.133. The molecule has 1 fully saturated rings. The molecule has 1 unspecified atom stereocenters. The quantitative estimate of drug-likeness (QED) is 0.749. The number of hydrogen-bond donors (Lipinski definition) is 2. The van der Waals surface area contributed by atoms with Crippen LogP contribution in [0.3, 0.4) is 0 Å². The fourth-order valence-electron chi connectivity index (χ4n) is 3.42. The highest BCUT2D eigenvalue weighted by Crippen LogP contribution is 2.16. The van der Waals surface area contributed by atoms with Crippen molar-refractivity contribution in [2.45, 2.75) is 19.4 Å². The number of likely N-dealkylation sites (tertiary alicyclic amines) is 1. The molecule has 1 aromatic heterocycles. The van der Waals surface area contributed by atoms with Crippen LogP contribution in [0.2, 0.25) is 0 Å². The first kappa shape index (κ1) is 21.3. The SMILES string of the molecule is Cn1c(=O)ccn(CC(=O)N2CCCC(CNC(=O)Nc3cccc(F)c3)C2)c1=O. The van der Waals surface area contributed by atoms with Crippen molar-refractivity contribution in [3.8, 4) is 0 Å². The highest BCUT2D eigenvalue weighted by atomic mass is 19.1. The van der Waals surface area contributed by atoms with E-state index in [1.807, 2.05) is 0 Å². The molecule has 3 rings (SSSR count). The molecule has 30 heavy (non-hydrogen) atoms. The Balaban J connectivity index is 1.51. The van der Waals surface area contributed by atoms with Gasteiger partial charge in [-0.25, -0.2) is 14.0 Å². The van der Waals surface area contributed by atoms with Crippen molar-refractivity contribution < 1.29 is 14.0 Å². The first-order chi connectivity index (χ1) is 14.3. The molecule has 0 radical (unpaired) electrons. The number of halogens is 1. The van der Waals surface area contributed by atoms with Gasteiger partial charge in [0.2, 0.25) is 5.91 Å². The summed E-state index contributed by atoms with van der Waals surface area (Å²) in [4.78, 5) is 49.9. The third-order valence-electron chi connectivity index (χ3n) is 5.07. The van der Waals surface area contributed by atoms with Gasteiger partial charge in [0.1, 0.15) is 12.4 Å². The maximum absolute atomic E-state index is 13.2. The molecule has 1 atom stereocenters. The predicted molar refractivity (Wildman–Crippen MR) is 109 cm³/mol. The van der Waals surface area contributed by atoms with Crippen LogP contribution in [0.5, 0.6) is 0 Å². The Morgan fingerprint density at radius 1 is 1.23 bits per heavy atom. The average Bonchev–Trinajstić information content (AvgIpc) is 2.73. The first-order valence-electron chi connectivity index (χ1n) is 9.68. The van der Waals surface area contributed by atoms with E-state index >= 15 is 0 Å². The molecule has 1 aromatic carbocycles. The summed E-state index contributed by atoms with van der Waals surface area (Å²) in [6.45, 7) is 1.25. The second-order valence-corrected chi connectivity index (χ2v) is 7.32. The highest BCUT2D eigenvalue weighted by molar-refractivity contribution is 5.89. The van der Waals surface area contributed by atoms with E-state index in [9.17, 15) is 23.6 Å². The van der Waals surface area contributed by atoms with Crippen molar-refractivity contribution in [2.24, 2.45) is 13.0 Å². The molecule has 9 nitrogen and oxygen atoms in total. The Hall–Kier alpha value is -3.43. The zero-order chi connectivity index (χ0) is 21.7.